The molecule has 6 heteroatoms. The first-order valence-corrected chi connectivity index (χ1v) is 7.39. The van der Waals surface area contributed by atoms with E-state index in [4.69, 9.17) is 4.74 Å². The first kappa shape index (κ1) is 17.2. The molecule has 0 fully saturated rings. The zero-order valence-corrected chi connectivity index (χ0v) is 13.6. The summed E-state index contributed by atoms with van der Waals surface area (Å²) in [6.45, 7) is 1.85. The van der Waals surface area contributed by atoms with Crippen molar-refractivity contribution in [2.45, 2.75) is 13.5 Å². The molecule has 1 aromatic heterocycles. The van der Waals surface area contributed by atoms with Crippen LogP contribution in [0.1, 0.15) is 18.1 Å². The molecule has 0 saturated carbocycles. The lowest BCUT2D eigenvalue weighted by Gasteiger charge is -2.04. The minimum atomic E-state index is -0.197. The van der Waals surface area contributed by atoms with Crippen molar-refractivity contribution in [2.75, 3.05) is 12.4 Å². The molecule has 0 radical (unpaired) electrons. The van der Waals surface area contributed by atoms with Gasteiger partial charge in [0.15, 0.2) is 0 Å². The molecule has 24 heavy (non-hydrogen) atoms. The Kier molecular flexibility index (Phi) is 6.08. The van der Waals surface area contributed by atoms with Crippen LogP contribution in [0.3, 0.4) is 0 Å². The standard InChI is InChI=1S/C18H19N3O3/c1-13(22)21-16-7-3-14(4-8-16)5-9-17(23)19-11-15-6-10-18(24-2)20-12-15/h3-10,12H,11H2,1-2H3,(H,19,23)(H,21,22)/b9-5+. The largest absolute Gasteiger partial charge is 0.481 e. The zero-order chi connectivity index (χ0) is 17.4. The van der Waals surface area contributed by atoms with Crippen molar-refractivity contribution in [3.63, 3.8) is 0 Å². The lowest BCUT2D eigenvalue weighted by atomic mass is 10.2. The molecule has 0 spiro atoms. The van der Waals surface area contributed by atoms with Gasteiger partial charge in [-0.25, -0.2) is 4.98 Å². The van der Waals surface area contributed by atoms with E-state index in [1.807, 2.05) is 18.2 Å². The molecule has 0 aliphatic heterocycles. The molecule has 2 N–H and O–H groups in total. The van der Waals surface area contributed by atoms with Gasteiger partial charge in [-0.05, 0) is 29.3 Å². The number of rotatable bonds is 6. The summed E-state index contributed by atoms with van der Waals surface area (Å²) in [6.07, 6.45) is 4.83. The summed E-state index contributed by atoms with van der Waals surface area (Å²) in [5, 5.41) is 5.47. The number of methoxy groups -OCH3 is 1. The summed E-state index contributed by atoms with van der Waals surface area (Å²) < 4.78 is 4.98. The number of carbonyl (C=O) groups is 2. The Bertz CT molecular complexity index is 722. The van der Waals surface area contributed by atoms with Crippen molar-refractivity contribution in [3.8, 4) is 5.88 Å². The Labute approximate surface area is 140 Å². The van der Waals surface area contributed by atoms with E-state index < -0.39 is 0 Å². The second-order valence-corrected chi connectivity index (χ2v) is 5.06. The van der Waals surface area contributed by atoms with Crippen LogP contribution >= 0.6 is 0 Å². The quantitative estimate of drug-likeness (QED) is 0.799. The van der Waals surface area contributed by atoms with Crippen molar-refractivity contribution in [1.29, 1.82) is 0 Å². The average molecular weight is 325 g/mol. The fourth-order valence-electron chi connectivity index (χ4n) is 1.94. The maximum atomic E-state index is 11.8. The summed E-state index contributed by atoms with van der Waals surface area (Å²) in [5.74, 6) is 0.218. The number of hydrogen-bond acceptors (Lipinski definition) is 4. The van der Waals surface area contributed by atoms with Gasteiger partial charge >= 0.3 is 0 Å². The number of hydrogen-bond donors (Lipinski definition) is 2. The Hall–Kier alpha value is -3.15. The van der Waals surface area contributed by atoms with Gasteiger partial charge < -0.3 is 15.4 Å². The Morgan fingerprint density at radius 2 is 1.92 bits per heavy atom. The smallest absolute Gasteiger partial charge is 0.244 e. The third-order valence-corrected chi connectivity index (χ3v) is 3.13. The number of aromatic nitrogens is 1. The molecule has 1 heterocycles. The highest BCUT2D eigenvalue weighted by atomic mass is 16.5. The molecule has 2 aromatic rings. The number of nitrogens with one attached hydrogen (secondary N) is 2. The maximum Gasteiger partial charge on any atom is 0.244 e. The fraction of sp³-hybridized carbons (Fsp3) is 0.167. The van der Waals surface area contributed by atoms with E-state index in [1.54, 1.807) is 37.6 Å². The van der Waals surface area contributed by atoms with E-state index in [0.29, 0.717) is 12.4 Å². The van der Waals surface area contributed by atoms with Crippen LogP contribution in [0.2, 0.25) is 0 Å². The van der Waals surface area contributed by atoms with Crippen LogP contribution in [0.4, 0.5) is 5.69 Å². The third-order valence-electron chi connectivity index (χ3n) is 3.13. The van der Waals surface area contributed by atoms with E-state index in [-0.39, 0.29) is 11.8 Å². The first-order chi connectivity index (χ1) is 11.6. The second kappa shape index (κ2) is 8.47. The van der Waals surface area contributed by atoms with Crippen molar-refractivity contribution < 1.29 is 14.3 Å². The summed E-state index contributed by atoms with van der Waals surface area (Å²) in [7, 11) is 1.55. The molecule has 2 rings (SSSR count). The molecule has 0 aliphatic rings. The summed E-state index contributed by atoms with van der Waals surface area (Å²) in [5.41, 5.74) is 2.47. The van der Waals surface area contributed by atoms with E-state index in [2.05, 4.69) is 15.6 Å². The molecule has 0 atom stereocenters. The van der Waals surface area contributed by atoms with Crippen LogP contribution in [-0.4, -0.2) is 23.9 Å². The van der Waals surface area contributed by atoms with Gasteiger partial charge in [-0.2, -0.15) is 0 Å². The Balaban J connectivity index is 1.84. The number of carbonyl (C=O) groups excluding carboxylic acids is 2. The van der Waals surface area contributed by atoms with Gasteiger partial charge in [0, 0.05) is 37.5 Å². The Morgan fingerprint density at radius 1 is 1.17 bits per heavy atom. The van der Waals surface area contributed by atoms with Gasteiger partial charge in [0.25, 0.3) is 0 Å². The van der Waals surface area contributed by atoms with Crippen LogP contribution in [0.25, 0.3) is 6.08 Å². The molecule has 0 aliphatic carbocycles. The van der Waals surface area contributed by atoms with E-state index >= 15 is 0 Å². The predicted molar refractivity (Wildman–Crippen MR) is 92.4 cm³/mol. The molecule has 1 aromatic carbocycles. The van der Waals surface area contributed by atoms with E-state index in [9.17, 15) is 9.59 Å². The summed E-state index contributed by atoms with van der Waals surface area (Å²) in [4.78, 5) is 26.8. The normalized spacial score (nSPS) is 10.4. The molecule has 0 bridgehead atoms. The minimum absolute atomic E-state index is 0.120. The highest BCUT2D eigenvalue weighted by Crippen LogP contribution is 2.10. The van der Waals surface area contributed by atoms with Gasteiger partial charge in [-0.1, -0.05) is 18.2 Å². The van der Waals surface area contributed by atoms with Crippen molar-refractivity contribution in [3.05, 3.63) is 59.8 Å². The van der Waals surface area contributed by atoms with Crippen molar-refractivity contribution in [2.24, 2.45) is 0 Å². The highest BCUT2D eigenvalue weighted by Gasteiger charge is 1.99. The van der Waals surface area contributed by atoms with Gasteiger partial charge in [-0.15, -0.1) is 0 Å². The molecule has 0 unspecified atom stereocenters. The van der Waals surface area contributed by atoms with Gasteiger partial charge in [0.2, 0.25) is 17.7 Å². The highest BCUT2D eigenvalue weighted by molar-refractivity contribution is 5.92. The van der Waals surface area contributed by atoms with Crippen LogP contribution in [0.15, 0.2) is 48.7 Å². The SMILES string of the molecule is COc1ccc(CNC(=O)/C=C/c2ccc(NC(C)=O)cc2)cn1. The van der Waals surface area contributed by atoms with Gasteiger partial charge in [0.1, 0.15) is 0 Å². The van der Waals surface area contributed by atoms with Crippen LogP contribution in [0.5, 0.6) is 5.88 Å². The number of nitrogens with zero attached hydrogens (tertiary/aromatic N) is 1. The Morgan fingerprint density at radius 3 is 2.50 bits per heavy atom. The molecular weight excluding hydrogens is 306 g/mol. The molecular formula is C18H19N3O3. The van der Waals surface area contributed by atoms with Gasteiger partial charge in [0.05, 0.1) is 7.11 Å². The fourth-order valence-corrected chi connectivity index (χ4v) is 1.94. The predicted octanol–water partition coefficient (Wildman–Crippen LogP) is 2.38. The average Bonchev–Trinajstić information content (AvgIpc) is 2.59. The third kappa shape index (κ3) is 5.57. The van der Waals surface area contributed by atoms with Crippen LogP contribution in [0, 0.1) is 0 Å². The van der Waals surface area contributed by atoms with E-state index in [1.165, 1.54) is 13.0 Å². The van der Waals surface area contributed by atoms with E-state index in [0.717, 1.165) is 16.8 Å². The molecule has 124 valence electrons. The lowest BCUT2D eigenvalue weighted by molar-refractivity contribution is -0.116. The number of ether oxygens (including phenoxy) is 1. The van der Waals surface area contributed by atoms with Crippen LogP contribution in [-0.2, 0) is 16.1 Å². The first-order valence-electron chi connectivity index (χ1n) is 7.39. The topological polar surface area (TPSA) is 80.3 Å². The number of anilines is 1. The monoisotopic (exact) mass is 325 g/mol. The van der Waals surface area contributed by atoms with Gasteiger partial charge in [-0.3, -0.25) is 9.59 Å². The minimum Gasteiger partial charge on any atom is -0.481 e. The van der Waals surface area contributed by atoms with Crippen molar-refractivity contribution >= 4 is 23.6 Å². The number of benzene rings is 1. The summed E-state index contributed by atoms with van der Waals surface area (Å²) >= 11 is 0. The second-order valence-electron chi connectivity index (χ2n) is 5.06. The molecule has 0 saturated heterocycles. The maximum absolute atomic E-state index is 11.8. The van der Waals surface area contributed by atoms with Crippen LogP contribution < -0.4 is 15.4 Å². The molecule has 6 nitrogen and oxygen atoms in total. The zero-order valence-electron chi connectivity index (χ0n) is 13.6. The summed E-state index contributed by atoms with van der Waals surface area (Å²) in [6, 6.07) is 10.8. The molecule has 2 amide bonds. The number of pyridine rings is 1. The lowest BCUT2D eigenvalue weighted by Crippen LogP contribution is -2.20. The number of amides is 2. The van der Waals surface area contributed by atoms with Crippen molar-refractivity contribution in [1.82, 2.24) is 10.3 Å².